The molecular formula is C34H33N3O6S. The molecule has 0 aliphatic rings. The van der Waals surface area contributed by atoms with Crippen molar-refractivity contribution in [2.75, 3.05) is 37.7 Å². The summed E-state index contributed by atoms with van der Waals surface area (Å²) in [4.78, 5) is 40.0. The second kappa shape index (κ2) is 15.3. The van der Waals surface area contributed by atoms with E-state index in [1.165, 1.54) is 39.2 Å². The van der Waals surface area contributed by atoms with Gasteiger partial charge in [-0.2, -0.15) is 0 Å². The molecule has 0 fully saturated rings. The standard InChI is InChI=1S/C34H33N3O6S/c1-22-10-8-13-25(16-22)35-32(38)21-44-27-15-9-14-26(19-27)36-34(40)28(37-33(39)23-11-6-5-7-12-23)17-24-18-30(42-3)31(43-4)20-29(24)41-2/h5-20H,21H2,1-4H3,(H,35,38)(H,36,40)(H,37,39)/b28-17+. The van der Waals surface area contributed by atoms with Gasteiger partial charge in [0.1, 0.15) is 11.4 Å². The van der Waals surface area contributed by atoms with Crippen molar-refractivity contribution in [1.29, 1.82) is 0 Å². The highest BCUT2D eigenvalue weighted by Gasteiger charge is 2.18. The Morgan fingerprint density at radius 3 is 2.07 bits per heavy atom. The molecule has 3 N–H and O–H groups in total. The first kappa shape index (κ1) is 31.7. The lowest BCUT2D eigenvalue weighted by molar-refractivity contribution is -0.114. The van der Waals surface area contributed by atoms with Crippen molar-refractivity contribution >= 4 is 46.9 Å². The van der Waals surface area contributed by atoms with Crippen LogP contribution in [-0.4, -0.2) is 44.8 Å². The lowest BCUT2D eigenvalue weighted by atomic mass is 10.1. The van der Waals surface area contributed by atoms with Gasteiger partial charge in [0.25, 0.3) is 11.8 Å². The first-order valence-corrected chi connectivity index (χ1v) is 14.6. The fourth-order valence-electron chi connectivity index (χ4n) is 4.19. The molecule has 0 atom stereocenters. The van der Waals surface area contributed by atoms with Gasteiger partial charge < -0.3 is 30.2 Å². The van der Waals surface area contributed by atoms with E-state index in [1.54, 1.807) is 60.7 Å². The number of carbonyl (C=O) groups is 3. The van der Waals surface area contributed by atoms with Crippen LogP contribution in [0.15, 0.2) is 102 Å². The van der Waals surface area contributed by atoms with Crippen LogP contribution in [0.4, 0.5) is 11.4 Å². The number of nitrogens with one attached hydrogen (secondary N) is 3. The second-order valence-electron chi connectivity index (χ2n) is 9.52. The van der Waals surface area contributed by atoms with Crippen molar-refractivity contribution in [3.8, 4) is 17.2 Å². The number of carbonyl (C=O) groups excluding carboxylic acids is 3. The Hall–Kier alpha value is -5.22. The van der Waals surface area contributed by atoms with Crippen LogP contribution in [0, 0.1) is 6.92 Å². The number of thioether (sulfide) groups is 1. The molecule has 9 nitrogen and oxygen atoms in total. The molecule has 0 aliphatic heterocycles. The number of aryl methyl sites for hydroxylation is 1. The number of benzene rings is 4. The Kier molecular flexibility index (Phi) is 11.0. The Bertz CT molecular complexity index is 1670. The van der Waals surface area contributed by atoms with E-state index in [9.17, 15) is 14.4 Å². The van der Waals surface area contributed by atoms with Gasteiger partial charge in [0, 0.05) is 33.5 Å². The van der Waals surface area contributed by atoms with Crippen LogP contribution in [0.5, 0.6) is 17.2 Å². The molecule has 0 bridgehead atoms. The Morgan fingerprint density at radius 1 is 0.727 bits per heavy atom. The van der Waals surface area contributed by atoms with Gasteiger partial charge >= 0.3 is 0 Å². The van der Waals surface area contributed by atoms with Gasteiger partial charge in [0.2, 0.25) is 5.91 Å². The molecule has 226 valence electrons. The van der Waals surface area contributed by atoms with Gasteiger partial charge in [0.15, 0.2) is 11.5 Å². The summed E-state index contributed by atoms with van der Waals surface area (Å²) in [5, 5.41) is 8.46. The Labute approximate surface area is 260 Å². The SMILES string of the molecule is COc1cc(OC)c(OC)cc1/C=C(/NC(=O)c1ccccc1)C(=O)Nc1cccc(SCC(=O)Nc2cccc(C)c2)c1. The maximum Gasteiger partial charge on any atom is 0.272 e. The average molecular weight is 612 g/mol. The number of anilines is 2. The Morgan fingerprint density at radius 2 is 1.39 bits per heavy atom. The predicted octanol–water partition coefficient (Wildman–Crippen LogP) is 6.16. The number of ether oxygens (including phenoxy) is 3. The normalized spacial score (nSPS) is 10.9. The van der Waals surface area contributed by atoms with Gasteiger partial charge in [-0.05, 0) is 67.1 Å². The third kappa shape index (κ3) is 8.65. The van der Waals surface area contributed by atoms with Crippen LogP contribution in [0.25, 0.3) is 6.08 Å². The van der Waals surface area contributed by atoms with Crippen LogP contribution in [0.1, 0.15) is 21.5 Å². The Balaban J connectivity index is 1.55. The molecule has 10 heteroatoms. The number of rotatable bonds is 12. The summed E-state index contributed by atoms with van der Waals surface area (Å²) in [5.74, 6) is 0.285. The zero-order chi connectivity index (χ0) is 31.5. The first-order valence-electron chi connectivity index (χ1n) is 13.6. The number of hydrogen-bond acceptors (Lipinski definition) is 7. The van der Waals surface area contributed by atoms with Crippen molar-refractivity contribution in [3.05, 3.63) is 113 Å². The van der Waals surface area contributed by atoms with Crippen LogP contribution in [-0.2, 0) is 9.59 Å². The molecule has 0 saturated heterocycles. The number of methoxy groups -OCH3 is 3. The molecule has 0 heterocycles. The molecular weight excluding hydrogens is 578 g/mol. The summed E-state index contributed by atoms with van der Waals surface area (Å²) in [7, 11) is 4.50. The summed E-state index contributed by atoms with van der Waals surface area (Å²) < 4.78 is 16.3. The van der Waals surface area contributed by atoms with Crippen molar-refractivity contribution in [2.45, 2.75) is 11.8 Å². The number of amides is 3. The average Bonchev–Trinajstić information content (AvgIpc) is 3.03. The highest BCUT2D eigenvalue weighted by atomic mass is 32.2. The molecule has 0 spiro atoms. The summed E-state index contributed by atoms with van der Waals surface area (Å²) in [5.41, 5.74) is 3.11. The van der Waals surface area contributed by atoms with E-state index in [0.29, 0.717) is 34.1 Å². The van der Waals surface area contributed by atoms with Gasteiger partial charge in [0.05, 0.1) is 27.1 Å². The summed E-state index contributed by atoms with van der Waals surface area (Å²) >= 11 is 1.33. The second-order valence-corrected chi connectivity index (χ2v) is 10.6. The van der Waals surface area contributed by atoms with Crippen molar-refractivity contribution in [2.24, 2.45) is 0 Å². The molecule has 0 aliphatic carbocycles. The smallest absolute Gasteiger partial charge is 0.272 e. The van der Waals surface area contributed by atoms with Crippen LogP contribution in [0.2, 0.25) is 0 Å². The van der Waals surface area contributed by atoms with Gasteiger partial charge in [-0.1, -0.05) is 36.4 Å². The van der Waals surface area contributed by atoms with E-state index in [2.05, 4.69) is 16.0 Å². The molecule has 0 radical (unpaired) electrons. The highest BCUT2D eigenvalue weighted by Crippen LogP contribution is 2.35. The van der Waals surface area contributed by atoms with E-state index >= 15 is 0 Å². The zero-order valence-corrected chi connectivity index (χ0v) is 25.6. The van der Waals surface area contributed by atoms with Gasteiger partial charge in [-0.25, -0.2) is 0 Å². The molecule has 3 amide bonds. The molecule has 4 aromatic carbocycles. The van der Waals surface area contributed by atoms with E-state index in [4.69, 9.17) is 14.2 Å². The largest absolute Gasteiger partial charge is 0.496 e. The van der Waals surface area contributed by atoms with Crippen molar-refractivity contribution in [1.82, 2.24) is 5.32 Å². The zero-order valence-electron chi connectivity index (χ0n) is 24.8. The predicted molar refractivity (Wildman–Crippen MR) is 174 cm³/mol. The monoisotopic (exact) mass is 611 g/mol. The molecule has 0 aromatic heterocycles. The van der Waals surface area contributed by atoms with Crippen molar-refractivity contribution < 1.29 is 28.6 Å². The minimum absolute atomic E-state index is 0.0278. The maximum atomic E-state index is 13.6. The molecule has 44 heavy (non-hydrogen) atoms. The lowest BCUT2D eigenvalue weighted by Crippen LogP contribution is -2.30. The molecule has 4 rings (SSSR count). The minimum atomic E-state index is -0.564. The van der Waals surface area contributed by atoms with E-state index in [1.807, 2.05) is 37.3 Å². The number of hydrogen-bond donors (Lipinski definition) is 3. The minimum Gasteiger partial charge on any atom is -0.496 e. The first-order chi connectivity index (χ1) is 21.3. The molecule has 0 unspecified atom stereocenters. The van der Waals surface area contributed by atoms with Gasteiger partial charge in [-0.15, -0.1) is 11.8 Å². The summed E-state index contributed by atoms with van der Waals surface area (Å²) in [6.45, 7) is 1.96. The maximum absolute atomic E-state index is 13.6. The van der Waals surface area contributed by atoms with Crippen molar-refractivity contribution in [3.63, 3.8) is 0 Å². The fraction of sp³-hybridized carbons (Fsp3) is 0.147. The summed E-state index contributed by atoms with van der Waals surface area (Å²) in [6, 6.07) is 26.6. The quantitative estimate of drug-likeness (QED) is 0.130. The molecule has 0 saturated carbocycles. The fourth-order valence-corrected chi connectivity index (χ4v) is 4.95. The van der Waals surface area contributed by atoms with Crippen LogP contribution in [0.3, 0.4) is 0 Å². The third-order valence-corrected chi connectivity index (χ3v) is 7.32. The van der Waals surface area contributed by atoms with E-state index < -0.39 is 11.8 Å². The topological polar surface area (TPSA) is 115 Å². The van der Waals surface area contributed by atoms with E-state index in [-0.39, 0.29) is 17.4 Å². The summed E-state index contributed by atoms with van der Waals surface area (Å²) in [6.07, 6.45) is 1.51. The lowest BCUT2D eigenvalue weighted by Gasteiger charge is -2.15. The van der Waals surface area contributed by atoms with E-state index in [0.717, 1.165) is 16.1 Å². The third-order valence-electron chi connectivity index (χ3n) is 6.33. The van der Waals surface area contributed by atoms with Crippen LogP contribution < -0.4 is 30.2 Å². The van der Waals surface area contributed by atoms with Crippen LogP contribution >= 0.6 is 11.8 Å². The van der Waals surface area contributed by atoms with Gasteiger partial charge in [-0.3, -0.25) is 14.4 Å². The highest BCUT2D eigenvalue weighted by molar-refractivity contribution is 8.00. The molecule has 4 aromatic rings.